The fraction of sp³-hybridized carbons (Fsp3) is 0.567. The summed E-state index contributed by atoms with van der Waals surface area (Å²) in [5, 5.41) is 103. The van der Waals surface area contributed by atoms with Crippen molar-refractivity contribution in [2.75, 3.05) is 19.8 Å². The van der Waals surface area contributed by atoms with Crippen LogP contribution in [0.2, 0.25) is 0 Å². The van der Waals surface area contributed by atoms with Gasteiger partial charge in [-0.15, -0.1) is 0 Å². The molecule has 14 unspecified atom stereocenters. The molecule has 14 atom stereocenters. The summed E-state index contributed by atoms with van der Waals surface area (Å²) < 4.78 is 33.9. The van der Waals surface area contributed by atoms with E-state index in [-0.39, 0.29) is 11.3 Å². The highest BCUT2D eigenvalue weighted by Crippen LogP contribution is 2.48. The van der Waals surface area contributed by atoms with E-state index < -0.39 is 111 Å². The van der Waals surface area contributed by atoms with Crippen LogP contribution in [0.4, 0.5) is 0 Å². The largest absolute Gasteiger partial charge is 0.508 e. The lowest BCUT2D eigenvalue weighted by Crippen LogP contribution is -2.64. The first-order valence-corrected chi connectivity index (χ1v) is 14.7. The molecule has 0 aromatic heterocycles. The van der Waals surface area contributed by atoms with Crippen molar-refractivity contribution in [1.29, 1.82) is 0 Å². The number of rotatable bonds is 10. The maximum Gasteiger partial charge on any atom is 0.331 e. The maximum absolute atomic E-state index is 12.7. The second-order valence-corrected chi connectivity index (χ2v) is 11.5. The topological polar surface area (TPSA) is 275 Å². The fourth-order valence-electron chi connectivity index (χ4n) is 5.97. The molecule has 1 aliphatic carbocycles. The molecule has 0 amide bonds. The molecule has 4 aliphatic rings. The summed E-state index contributed by atoms with van der Waals surface area (Å²) in [5.74, 6) is -2.22. The number of benzene rings is 1. The molecule has 1 aromatic carbocycles. The number of carbonyl (C=O) groups excluding carboxylic acids is 1. The normalized spacial score (nSPS) is 41.7. The van der Waals surface area contributed by atoms with Gasteiger partial charge in [-0.25, -0.2) is 4.79 Å². The van der Waals surface area contributed by atoms with Gasteiger partial charge in [0.1, 0.15) is 60.2 Å². The third kappa shape index (κ3) is 6.94. The SMILES string of the molecule is O=C(C=Cc1ccc(O)cc1)OC1C(O)C(CO)OC(OC23C=COC(OC4OC(CO)C(O)C(O)C4O)C2C(CO)=CC3O)C1O. The van der Waals surface area contributed by atoms with Crippen molar-refractivity contribution in [2.45, 2.75) is 79.4 Å². The number of aromatic hydroxyl groups is 1. The van der Waals surface area contributed by atoms with Crippen LogP contribution in [0.3, 0.4) is 0 Å². The molecule has 0 bridgehead atoms. The van der Waals surface area contributed by atoms with Crippen molar-refractivity contribution in [2.24, 2.45) is 5.92 Å². The van der Waals surface area contributed by atoms with Crippen LogP contribution >= 0.6 is 0 Å². The Hall–Kier alpha value is -3.01. The van der Waals surface area contributed by atoms with E-state index in [0.717, 1.165) is 12.3 Å². The van der Waals surface area contributed by atoms with Crippen LogP contribution in [-0.4, -0.2) is 156 Å². The number of aliphatic hydroxyl groups is 9. The second kappa shape index (κ2) is 14.6. The number of esters is 1. The van der Waals surface area contributed by atoms with Crippen LogP contribution < -0.4 is 0 Å². The Kier molecular flexibility index (Phi) is 11.0. The molecule has 10 N–H and O–H groups in total. The number of carbonyl (C=O) groups is 1. The minimum atomic E-state index is -1.93. The third-order valence-corrected chi connectivity index (χ3v) is 8.53. The van der Waals surface area contributed by atoms with E-state index in [1.165, 1.54) is 42.5 Å². The molecule has 5 rings (SSSR count). The van der Waals surface area contributed by atoms with Crippen LogP contribution in [0.5, 0.6) is 5.75 Å². The monoisotopic (exact) mass is 670 g/mol. The highest BCUT2D eigenvalue weighted by atomic mass is 16.8. The molecule has 17 nitrogen and oxygen atoms in total. The van der Waals surface area contributed by atoms with Gasteiger partial charge >= 0.3 is 5.97 Å². The standard InChI is InChI=1S/C30H38O17/c31-10-14-9-18(35)30(7-8-42-27(20(14)30)46-28-24(40)23(39)21(37)16(11-32)43-28)47-29-25(41)26(22(38)17(12-33)44-29)45-19(36)6-3-13-1-4-15(34)5-2-13/h1-9,16-18,20-29,31-35,37-41H,10-12H2. The Balaban J connectivity index is 1.37. The number of hydrogen-bond donors (Lipinski definition) is 10. The van der Waals surface area contributed by atoms with E-state index >= 15 is 0 Å². The molecule has 260 valence electrons. The van der Waals surface area contributed by atoms with Crippen molar-refractivity contribution in [1.82, 2.24) is 0 Å². The van der Waals surface area contributed by atoms with Crippen molar-refractivity contribution >= 4 is 12.0 Å². The highest BCUT2D eigenvalue weighted by molar-refractivity contribution is 5.87. The van der Waals surface area contributed by atoms with Crippen molar-refractivity contribution in [3.05, 3.63) is 59.9 Å². The van der Waals surface area contributed by atoms with Gasteiger partial charge in [0, 0.05) is 6.08 Å². The van der Waals surface area contributed by atoms with Crippen molar-refractivity contribution < 1.29 is 84.3 Å². The van der Waals surface area contributed by atoms with Gasteiger partial charge in [0.05, 0.1) is 32.0 Å². The van der Waals surface area contributed by atoms with Crippen LogP contribution in [-0.2, 0) is 33.2 Å². The maximum atomic E-state index is 12.7. The summed E-state index contributed by atoms with van der Waals surface area (Å²) in [4.78, 5) is 12.7. The summed E-state index contributed by atoms with van der Waals surface area (Å²) in [6, 6.07) is 5.85. The number of phenolic OH excluding ortho intramolecular Hbond substituents is 1. The van der Waals surface area contributed by atoms with Crippen molar-refractivity contribution in [3.63, 3.8) is 0 Å². The number of hydrogen-bond acceptors (Lipinski definition) is 17. The lowest BCUT2D eigenvalue weighted by Gasteiger charge is -2.49. The lowest BCUT2D eigenvalue weighted by atomic mass is 9.82. The predicted molar refractivity (Wildman–Crippen MR) is 152 cm³/mol. The van der Waals surface area contributed by atoms with E-state index in [9.17, 15) is 55.9 Å². The average Bonchev–Trinajstić information content (AvgIpc) is 3.35. The lowest BCUT2D eigenvalue weighted by molar-refractivity contribution is -0.362. The summed E-state index contributed by atoms with van der Waals surface area (Å²) in [6.45, 7) is -2.19. The molecule has 0 radical (unpaired) electrons. The number of phenols is 1. The fourth-order valence-corrected chi connectivity index (χ4v) is 5.97. The Morgan fingerprint density at radius 2 is 1.49 bits per heavy atom. The second-order valence-electron chi connectivity index (χ2n) is 11.5. The Morgan fingerprint density at radius 3 is 2.15 bits per heavy atom. The van der Waals surface area contributed by atoms with E-state index in [2.05, 4.69) is 0 Å². The van der Waals surface area contributed by atoms with Gasteiger partial charge in [-0.05, 0) is 35.4 Å². The molecule has 17 heteroatoms. The van der Waals surface area contributed by atoms with Gasteiger partial charge in [-0.3, -0.25) is 0 Å². The first kappa shape index (κ1) is 35.3. The van der Waals surface area contributed by atoms with E-state index in [0.29, 0.717) is 5.56 Å². The zero-order chi connectivity index (χ0) is 34.0. The number of fused-ring (bicyclic) bond motifs is 1. The molecule has 47 heavy (non-hydrogen) atoms. The summed E-state index contributed by atoms with van der Waals surface area (Å²) in [5.41, 5.74) is -1.29. The van der Waals surface area contributed by atoms with E-state index in [4.69, 9.17) is 28.4 Å². The molecule has 3 heterocycles. The number of aliphatic hydroxyl groups excluding tert-OH is 9. The van der Waals surface area contributed by atoms with Crippen LogP contribution in [0.15, 0.2) is 54.3 Å². The minimum absolute atomic E-state index is 0.0146. The first-order valence-electron chi connectivity index (χ1n) is 14.7. The molecule has 0 spiro atoms. The van der Waals surface area contributed by atoms with E-state index in [1.54, 1.807) is 0 Å². The van der Waals surface area contributed by atoms with Gasteiger partial charge < -0.3 is 79.5 Å². The van der Waals surface area contributed by atoms with Crippen LogP contribution in [0, 0.1) is 5.92 Å². The smallest absolute Gasteiger partial charge is 0.331 e. The molecule has 2 fully saturated rings. The van der Waals surface area contributed by atoms with E-state index in [1.807, 2.05) is 0 Å². The zero-order valence-electron chi connectivity index (χ0n) is 24.7. The Labute approximate surface area is 267 Å². The molecule has 1 aromatic rings. The third-order valence-electron chi connectivity index (χ3n) is 8.53. The number of ether oxygens (including phenoxy) is 6. The predicted octanol–water partition coefficient (Wildman–Crippen LogP) is -3.89. The van der Waals surface area contributed by atoms with Gasteiger partial charge in [-0.1, -0.05) is 18.2 Å². The quantitative estimate of drug-likeness (QED) is 0.0647. The summed E-state index contributed by atoms with van der Waals surface area (Å²) in [6.07, 6.45) is -14.0. The zero-order valence-corrected chi connectivity index (χ0v) is 24.7. The van der Waals surface area contributed by atoms with Crippen molar-refractivity contribution in [3.8, 4) is 5.75 Å². The Bertz CT molecular complexity index is 1320. The van der Waals surface area contributed by atoms with Gasteiger partial charge in [0.15, 0.2) is 18.7 Å². The van der Waals surface area contributed by atoms with Crippen LogP contribution in [0.25, 0.3) is 6.08 Å². The first-order chi connectivity index (χ1) is 22.4. The highest BCUT2D eigenvalue weighted by Gasteiger charge is 2.60. The Morgan fingerprint density at radius 1 is 0.830 bits per heavy atom. The van der Waals surface area contributed by atoms with Gasteiger partial charge in [-0.2, -0.15) is 0 Å². The molecule has 0 saturated carbocycles. The minimum Gasteiger partial charge on any atom is -0.508 e. The van der Waals surface area contributed by atoms with Gasteiger partial charge in [0.2, 0.25) is 6.29 Å². The molecular weight excluding hydrogens is 632 g/mol. The molecule has 2 saturated heterocycles. The average molecular weight is 671 g/mol. The van der Waals surface area contributed by atoms with Gasteiger partial charge in [0.25, 0.3) is 0 Å². The molecule has 3 aliphatic heterocycles. The molecular formula is C30H38O17. The summed E-state index contributed by atoms with van der Waals surface area (Å²) in [7, 11) is 0. The van der Waals surface area contributed by atoms with Crippen LogP contribution in [0.1, 0.15) is 5.56 Å². The summed E-state index contributed by atoms with van der Waals surface area (Å²) >= 11 is 0.